The number of benzene rings is 1. The lowest BCUT2D eigenvalue weighted by molar-refractivity contribution is -0.149. The molecule has 98 heavy (non-hydrogen) atoms. The molecule has 0 heterocycles. The van der Waals surface area contributed by atoms with E-state index in [1.54, 1.807) is 26.0 Å². The van der Waals surface area contributed by atoms with Crippen molar-refractivity contribution in [3.63, 3.8) is 0 Å². The van der Waals surface area contributed by atoms with Gasteiger partial charge < -0.3 is 59.3 Å². The number of unbranched alkanes of at least 4 members (excludes halogenated alkanes) is 3. The van der Waals surface area contributed by atoms with Crippen molar-refractivity contribution in [2.45, 2.75) is 245 Å². The molecule has 4 N–H and O–H groups in total. The van der Waals surface area contributed by atoms with Gasteiger partial charge in [-0.3, -0.25) is 24.0 Å². The number of phenolic OH excluding ortho intramolecular Hbond substituents is 1. The third-order valence-electron chi connectivity index (χ3n) is 15.5. The Balaban J connectivity index is -0.000000356. The topological polar surface area (TPSA) is 319 Å². The number of hydrogen-bond donors (Lipinski definition) is 4. The highest BCUT2D eigenvalue weighted by Gasteiger charge is 2.30. The number of nitrogens with zero attached hydrogens (tertiary/aromatic N) is 4. The Bertz CT molecular complexity index is 2330. The fourth-order valence-corrected chi connectivity index (χ4v) is 7.65. The number of hydrogen-bond acceptors (Lipinski definition) is 18. The maximum Gasteiger partial charge on any atom is 0.407 e. The first-order valence-electron chi connectivity index (χ1n) is 35.3. The van der Waals surface area contributed by atoms with Crippen molar-refractivity contribution in [2.24, 2.45) is 35.5 Å². The number of amides is 5. The molecule has 0 aromatic heterocycles. The van der Waals surface area contributed by atoms with Gasteiger partial charge in [-0.1, -0.05) is 141 Å². The van der Waals surface area contributed by atoms with Crippen molar-refractivity contribution in [1.82, 2.24) is 25.8 Å². The molecule has 562 valence electrons. The van der Waals surface area contributed by atoms with Gasteiger partial charge in [0.15, 0.2) is 0 Å². The van der Waals surface area contributed by atoms with Gasteiger partial charge >= 0.3 is 36.1 Å². The molecular weight excluding hydrogens is 1250 g/mol. The zero-order valence-electron chi connectivity index (χ0n) is 64.0. The van der Waals surface area contributed by atoms with E-state index in [1.165, 1.54) is 31.2 Å². The molecule has 7 atom stereocenters. The van der Waals surface area contributed by atoms with Crippen LogP contribution in [0.4, 0.5) is 9.59 Å². The number of alkyl carbamates (subject to hydrolysis) is 2. The molecule has 23 nitrogen and oxygen atoms in total. The number of carbonyl (C=O) groups excluding carboxylic acids is 9. The number of nitrogens with one attached hydrogen (secondary N) is 3. The zero-order chi connectivity index (χ0) is 76.2. The maximum atomic E-state index is 12.2. The fourth-order valence-electron chi connectivity index (χ4n) is 7.65. The highest BCUT2D eigenvalue weighted by Crippen LogP contribution is 2.22. The second kappa shape index (κ2) is 61.6. The van der Waals surface area contributed by atoms with Crippen LogP contribution in [0.15, 0.2) is 49.6 Å². The quantitative estimate of drug-likeness (QED) is 0.0207. The predicted octanol–water partition coefficient (Wildman–Crippen LogP) is 14.3. The molecule has 0 aliphatic rings. The molecule has 0 saturated carbocycles. The number of esters is 4. The molecule has 23 heteroatoms. The van der Waals surface area contributed by atoms with E-state index in [1.807, 2.05) is 112 Å². The van der Waals surface area contributed by atoms with Crippen LogP contribution in [-0.2, 0) is 62.0 Å². The van der Waals surface area contributed by atoms with E-state index in [0.717, 1.165) is 57.2 Å². The molecule has 0 aliphatic carbocycles. The summed E-state index contributed by atoms with van der Waals surface area (Å²) in [5, 5.41) is 33.9. The van der Waals surface area contributed by atoms with Crippen LogP contribution in [0.3, 0.4) is 0 Å². The highest BCUT2D eigenvalue weighted by molar-refractivity contribution is 5.82. The van der Waals surface area contributed by atoms with Gasteiger partial charge in [0.2, 0.25) is 17.7 Å². The first-order chi connectivity index (χ1) is 46.1. The molecule has 0 aliphatic heterocycles. The zero-order valence-corrected chi connectivity index (χ0v) is 64.0. The van der Waals surface area contributed by atoms with Crippen LogP contribution in [0.2, 0.25) is 0 Å². The lowest BCUT2D eigenvalue weighted by Gasteiger charge is -2.37. The van der Waals surface area contributed by atoms with Crippen molar-refractivity contribution >= 4 is 53.8 Å². The van der Waals surface area contributed by atoms with Gasteiger partial charge in [-0.15, -0.1) is 0 Å². The molecule has 1 rings (SSSR count). The Labute approximate surface area is 590 Å². The van der Waals surface area contributed by atoms with Crippen LogP contribution < -0.4 is 16.0 Å². The average molecular weight is 1390 g/mol. The van der Waals surface area contributed by atoms with E-state index in [4.69, 9.17) is 34.6 Å². The third-order valence-corrected chi connectivity index (χ3v) is 15.5. The van der Waals surface area contributed by atoms with Crippen LogP contribution >= 0.6 is 0 Å². The minimum absolute atomic E-state index is 0.0159. The fraction of sp³-hybridized carbons (Fsp3) is 0.720. The Kier molecular flexibility index (Phi) is 62.2. The number of nitriles is 2. The Morgan fingerprint density at radius 2 is 0.867 bits per heavy atom. The van der Waals surface area contributed by atoms with Crippen molar-refractivity contribution in [1.29, 1.82) is 10.5 Å². The summed E-state index contributed by atoms with van der Waals surface area (Å²) < 4.78 is 28.6. The molecule has 5 amide bonds. The van der Waals surface area contributed by atoms with Crippen LogP contribution in [-0.4, -0.2) is 152 Å². The summed E-state index contributed by atoms with van der Waals surface area (Å²) in [4.78, 5) is 106. The SMILES string of the molecule is C=CC(=O)OCCNC(=O)OCCOC(=O)C(C)CC.C=CC(=O)OCCNC(=O)OCCOC(=O)C(C)CC.CCC(C)C(=O)N(CCCC#N)C(C)(C)C.CCC(C)C(=O)N(CCCC#N)C(C)(C)C.CCC(C)c1ccc(O)cc1.CCCCC(CC)CNC(=O)C(C)CC. The van der Waals surface area contributed by atoms with Crippen molar-refractivity contribution in [3.05, 3.63) is 55.1 Å². The molecule has 1 aromatic carbocycles. The molecule has 0 bridgehead atoms. The normalized spacial score (nSPS) is 12.5. The highest BCUT2D eigenvalue weighted by atomic mass is 16.6. The van der Waals surface area contributed by atoms with E-state index < -0.39 is 24.1 Å². The predicted molar refractivity (Wildman–Crippen MR) is 386 cm³/mol. The van der Waals surface area contributed by atoms with Gasteiger partial charge in [0.25, 0.3) is 0 Å². The number of rotatable bonds is 38. The average Bonchev–Trinajstić information content (AvgIpc) is 0.874. The minimum atomic E-state index is -0.667. The second-order valence-electron chi connectivity index (χ2n) is 25.7. The molecule has 0 radical (unpaired) electrons. The summed E-state index contributed by atoms with van der Waals surface area (Å²) in [7, 11) is 0. The number of aromatic hydroxyl groups is 1. The Morgan fingerprint density at radius 1 is 0.500 bits per heavy atom. The van der Waals surface area contributed by atoms with E-state index >= 15 is 0 Å². The largest absolute Gasteiger partial charge is 0.508 e. The summed E-state index contributed by atoms with van der Waals surface area (Å²) in [6.07, 6.45) is 13.4. The van der Waals surface area contributed by atoms with Crippen LogP contribution in [0.5, 0.6) is 5.75 Å². The maximum absolute atomic E-state index is 12.2. The van der Waals surface area contributed by atoms with Crippen LogP contribution in [0.1, 0.15) is 240 Å². The first kappa shape index (κ1) is 99.0. The summed E-state index contributed by atoms with van der Waals surface area (Å²) in [6.45, 7) is 49.3. The van der Waals surface area contributed by atoms with Gasteiger partial charge in [-0.2, -0.15) is 10.5 Å². The molecular formula is C75H131N7O16. The molecule has 7 unspecified atom stereocenters. The van der Waals surface area contributed by atoms with Gasteiger partial charge in [0.05, 0.1) is 37.1 Å². The smallest absolute Gasteiger partial charge is 0.407 e. The summed E-state index contributed by atoms with van der Waals surface area (Å²) in [5.74, 6) is 0.455. The van der Waals surface area contributed by atoms with E-state index in [-0.39, 0.29) is 123 Å². The number of phenols is 1. The van der Waals surface area contributed by atoms with Crippen molar-refractivity contribution in [3.8, 4) is 17.9 Å². The van der Waals surface area contributed by atoms with Crippen LogP contribution in [0.25, 0.3) is 0 Å². The Morgan fingerprint density at radius 3 is 1.17 bits per heavy atom. The first-order valence-corrected chi connectivity index (χ1v) is 35.3. The standard InChI is InChI=1S/2C13H24N2O.2C13H21NO6.C13H27NO.C10H14O/c2*1-6-11(2)12(16)15(13(3,4)5)10-8-7-9-14;2*1-4-10(3)12(16)19-8-9-20-13(17)14-6-7-18-11(15)5-2;1-5-8-9-12(7-3)10-14-13(15)11(4)6-2;1-3-8(2)9-4-6-10(11)7-5-9/h2*11H,6-8,10H2,1-5H3;2*5,10H,2,4,6-9H2,1,3H3,(H,14,17);11-12H,5-10H2,1-4H3,(H,14,15);4-8,11H,3H2,1-2H3. The Hall–Kier alpha value is -7.69. The summed E-state index contributed by atoms with van der Waals surface area (Å²) in [6, 6.07) is 11.7. The summed E-state index contributed by atoms with van der Waals surface area (Å²) >= 11 is 0. The van der Waals surface area contributed by atoms with Crippen molar-refractivity contribution < 1.29 is 76.7 Å². The van der Waals surface area contributed by atoms with E-state index in [0.29, 0.717) is 56.4 Å². The second-order valence-corrected chi connectivity index (χ2v) is 25.7. The molecule has 0 spiro atoms. The minimum Gasteiger partial charge on any atom is -0.508 e. The van der Waals surface area contributed by atoms with Gasteiger partial charge in [-0.05, 0) is 129 Å². The molecule has 0 fully saturated rings. The van der Waals surface area contributed by atoms with Crippen LogP contribution in [0, 0.1) is 58.2 Å². The van der Waals surface area contributed by atoms with E-state index in [9.17, 15) is 43.2 Å². The third kappa shape index (κ3) is 54.3. The lowest BCUT2D eigenvalue weighted by Crippen LogP contribution is -2.48. The van der Waals surface area contributed by atoms with Crippen molar-refractivity contribution in [2.75, 3.05) is 72.4 Å². The van der Waals surface area contributed by atoms with Gasteiger partial charge in [0, 0.05) is 73.5 Å². The summed E-state index contributed by atoms with van der Waals surface area (Å²) in [5.41, 5.74) is 0.983. The number of carbonyl (C=O) groups is 9. The molecule has 1 aromatic rings. The van der Waals surface area contributed by atoms with E-state index in [2.05, 4.69) is 85.3 Å². The van der Waals surface area contributed by atoms with Gasteiger partial charge in [0.1, 0.15) is 45.4 Å². The van der Waals surface area contributed by atoms with Gasteiger partial charge in [-0.25, -0.2) is 19.2 Å². The molecule has 0 saturated heterocycles. The number of ether oxygens (including phenoxy) is 6. The lowest BCUT2D eigenvalue weighted by atomic mass is 9.99. The monoisotopic (exact) mass is 1390 g/mol.